The van der Waals surface area contributed by atoms with Crippen LogP contribution in [-0.2, 0) is 4.79 Å². The summed E-state index contributed by atoms with van der Waals surface area (Å²) in [5, 5.41) is 0. The molecule has 2 rings (SSSR count). The average Bonchev–Trinajstić information content (AvgIpc) is 3.00. The smallest absolute Gasteiger partial charge is 0.228 e. The van der Waals surface area contributed by atoms with Crippen LogP contribution in [0.2, 0.25) is 0 Å². The molecule has 1 aliphatic carbocycles. The first-order valence-electron chi connectivity index (χ1n) is 6.48. The fourth-order valence-electron chi connectivity index (χ4n) is 2.27. The molecule has 0 atom stereocenters. The highest BCUT2D eigenvalue weighted by Crippen LogP contribution is 2.30. The van der Waals surface area contributed by atoms with Crippen molar-refractivity contribution < 1.29 is 4.79 Å². The van der Waals surface area contributed by atoms with Gasteiger partial charge in [-0.15, -0.1) is 0 Å². The SMILES string of the molecule is CC(C)(C)C(=O)N1CCN(CC2CC2)CC1. The zero-order chi connectivity index (χ0) is 11.8. The summed E-state index contributed by atoms with van der Waals surface area (Å²) in [5.74, 6) is 1.27. The van der Waals surface area contributed by atoms with Crippen LogP contribution in [0.25, 0.3) is 0 Å². The molecule has 0 radical (unpaired) electrons. The summed E-state index contributed by atoms with van der Waals surface area (Å²) in [7, 11) is 0. The lowest BCUT2D eigenvalue weighted by molar-refractivity contribution is -0.141. The van der Waals surface area contributed by atoms with Gasteiger partial charge in [-0.3, -0.25) is 9.69 Å². The van der Waals surface area contributed by atoms with Crippen LogP contribution in [0, 0.1) is 11.3 Å². The number of amides is 1. The standard InChI is InChI=1S/C13H24N2O/c1-13(2,3)12(16)15-8-6-14(7-9-15)10-11-4-5-11/h11H,4-10H2,1-3H3. The minimum absolute atomic E-state index is 0.224. The van der Waals surface area contributed by atoms with Crippen molar-refractivity contribution in [2.75, 3.05) is 32.7 Å². The van der Waals surface area contributed by atoms with Crippen molar-refractivity contribution in [3.63, 3.8) is 0 Å². The van der Waals surface area contributed by atoms with Crippen LogP contribution in [0.5, 0.6) is 0 Å². The molecular formula is C13H24N2O. The van der Waals surface area contributed by atoms with Gasteiger partial charge in [0.1, 0.15) is 0 Å². The second kappa shape index (κ2) is 4.36. The van der Waals surface area contributed by atoms with Gasteiger partial charge in [0, 0.05) is 38.1 Å². The molecule has 0 bridgehead atoms. The van der Waals surface area contributed by atoms with Gasteiger partial charge < -0.3 is 4.90 Å². The Morgan fingerprint density at radius 2 is 1.69 bits per heavy atom. The Balaban J connectivity index is 1.77. The summed E-state index contributed by atoms with van der Waals surface area (Å²) in [6.07, 6.45) is 2.84. The lowest BCUT2D eigenvalue weighted by atomic mass is 9.94. The van der Waals surface area contributed by atoms with Crippen LogP contribution < -0.4 is 0 Å². The van der Waals surface area contributed by atoms with Crippen molar-refractivity contribution >= 4 is 5.91 Å². The minimum Gasteiger partial charge on any atom is -0.340 e. The molecule has 1 saturated heterocycles. The molecule has 0 N–H and O–H groups in total. The predicted molar refractivity (Wildman–Crippen MR) is 65.2 cm³/mol. The molecule has 1 aliphatic heterocycles. The fraction of sp³-hybridized carbons (Fsp3) is 0.923. The van der Waals surface area contributed by atoms with E-state index in [1.54, 1.807) is 0 Å². The summed E-state index contributed by atoms with van der Waals surface area (Å²) in [6, 6.07) is 0. The Morgan fingerprint density at radius 1 is 1.12 bits per heavy atom. The van der Waals surface area contributed by atoms with Gasteiger partial charge in [-0.1, -0.05) is 20.8 Å². The van der Waals surface area contributed by atoms with Gasteiger partial charge in [-0.25, -0.2) is 0 Å². The van der Waals surface area contributed by atoms with Crippen LogP contribution in [0.4, 0.5) is 0 Å². The molecule has 1 heterocycles. The van der Waals surface area contributed by atoms with E-state index in [0.29, 0.717) is 5.91 Å². The van der Waals surface area contributed by atoms with Gasteiger partial charge in [-0.2, -0.15) is 0 Å². The fourth-order valence-corrected chi connectivity index (χ4v) is 2.27. The van der Waals surface area contributed by atoms with Crippen molar-refractivity contribution in [3.05, 3.63) is 0 Å². The molecule has 16 heavy (non-hydrogen) atoms. The molecule has 0 aromatic heterocycles. The van der Waals surface area contributed by atoms with E-state index >= 15 is 0 Å². The third-order valence-corrected chi connectivity index (χ3v) is 3.51. The van der Waals surface area contributed by atoms with E-state index in [1.165, 1.54) is 19.4 Å². The van der Waals surface area contributed by atoms with E-state index in [-0.39, 0.29) is 5.41 Å². The maximum Gasteiger partial charge on any atom is 0.228 e. The molecule has 0 unspecified atom stereocenters. The second-order valence-corrected chi connectivity index (χ2v) is 6.29. The maximum absolute atomic E-state index is 12.1. The van der Waals surface area contributed by atoms with Crippen molar-refractivity contribution in [2.45, 2.75) is 33.6 Å². The quantitative estimate of drug-likeness (QED) is 0.711. The van der Waals surface area contributed by atoms with Gasteiger partial charge in [-0.05, 0) is 18.8 Å². The lowest BCUT2D eigenvalue weighted by Crippen LogP contribution is -2.51. The number of carbonyl (C=O) groups excluding carboxylic acids is 1. The normalized spacial score (nSPS) is 23.6. The van der Waals surface area contributed by atoms with Crippen LogP contribution in [-0.4, -0.2) is 48.4 Å². The Hall–Kier alpha value is -0.570. The highest BCUT2D eigenvalue weighted by Gasteiger charge is 2.31. The molecule has 0 aromatic carbocycles. The highest BCUT2D eigenvalue weighted by atomic mass is 16.2. The van der Waals surface area contributed by atoms with Crippen LogP contribution >= 0.6 is 0 Å². The van der Waals surface area contributed by atoms with E-state index in [0.717, 1.165) is 32.1 Å². The molecule has 92 valence electrons. The molecule has 2 fully saturated rings. The van der Waals surface area contributed by atoms with Gasteiger partial charge in [0.05, 0.1) is 0 Å². The van der Waals surface area contributed by atoms with E-state index in [2.05, 4.69) is 4.90 Å². The third-order valence-electron chi connectivity index (χ3n) is 3.51. The largest absolute Gasteiger partial charge is 0.340 e. The van der Waals surface area contributed by atoms with Crippen LogP contribution in [0.15, 0.2) is 0 Å². The van der Waals surface area contributed by atoms with E-state index in [9.17, 15) is 4.79 Å². The average molecular weight is 224 g/mol. The summed E-state index contributed by atoms with van der Waals surface area (Å²) in [5.41, 5.74) is -0.224. The van der Waals surface area contributed by atoms with E-state index in [4.69, 9.17) is 0 Å². The topological polar surface area (TPSA) is 23.6 Å². The van der Waals surface area contributed by atoms with Crippen molar-refractivity contribution in [2.24, 2.45) is 11.3 Å². The molecule has 3 heteroatoms. The molecule has 0 aromatic rings. The molecule has 0 spiro atoms. The van der Waals surface area contributed by atoms with Gasteiger partial charge in [0.2, 0.25) is 5.91 Å². The molecule has 2 aliphatic rings. The molecule has 3 nitrogen and oxygen atoms in total. The summed E-state index contributed by atoms with van der Waals surface area (Å²) < 4.78 is 0. The van der Waals surface area contributed by atoms with E-state index < -0.39 is 0 Å². The number of hydrogen-bond donors (Lipinski definition) is 0. The number of carbonyl (C=O) groups is 1. The molecule has 1 saturated carbocycles. The van der Waals surface area contributed by atoms with Crippen LogP contribution in [0.1, 0.15) is 33.6 Å². The van der Waals surface area contributed by atoms with Gasteiger partial charge >= 0.3 is 0 Å². The monoisotopic (exact) mass is 224 g/mol. The number of rotatable bonds is 2. The van der Waals surface area contributed by atoms with E-state index in [1.807, 2.05) is 25.7 Å². The minimum atomic E-state index is -0.224. The Bertz CT molecular complexity index is 258. The van der Waals surface area contributed by atoms with Gasteiger partial charge in [0.25, 0.3) is 0 Å². The second-order valence-electron chi connectivity index (χ2n) is 6.29. The first-order valence-corrected chi connectivity index (χ1v) is 6.48. The number of nitrogens with zero attached hydrogens (tertiary/aromatic N) is 2. The zero-order valence-corrected chi connectivity index (χ0v) is 10.8. The Morgan fingerprint density at radius 3 is 2.12 bits per heavy atom. The summed E-state index contributed by atoms with van der Waals surface area (Å²) >= 11 is 0. The van der Waals surface area contributed by atoms with Crippen LogP contribution in [0.3, 0.4) is 0 Å². The Kier molecular flexibility index (Phi) is 3.24. The summed E-state index contributed by atoms with van der Waals surface area (Å²) in [6.45, 7) is 11.3. The zero-order valence-electron chi connectivity index (χ0n) is 10.8. The van der Waals surface area contributed by atoms with Gasteiger partial charge in [0.15, 0.2) is 0 Å². The first kappa shape index (κ1) is 11.9. The van der Waals surface area contributed by atoms with Crippen molar-refractivity contribution in [1.82, 2.24) is 9.80 Å². The first-order chi connectivity index (χ1) is 7.47. The summed E-state index contributed by atoms with van der Waals surface area (Å²) in [4.78, 5) is 16.6. The molecule has 1 amide bonds. The molecular weight excluding hydrogens is 200 g/mol. The number of hydrogen-bond acceptors (Lipinski definition) is 2. The van der Waals surface area contributed by atoms with Crippen molar-refractivity contribution in [3.8, 4) is 0 Å². The lowest BCUT2D eigenvalue weighted by Gasteiger charge is -2.37. The third kappa shape index (κ3) is 2.97. The highest BCUT2D eigenvalue weighted by molar-refractivity contribution is 5.81. The predicted octanol–water partition coefficient (Wildman–Crippen LogP) is 1.59. The van der Waals surface area contributed by atoms with Crippen molar-refractivity contribution in [1.29, 1.82) is 0 Å². The maximum atomic E-state index is 12.1. The Labute approximate surface area is 98.8 Å². The number of piperazine rings is 1.